The van der Waals surface area contributed by atoms with Crippen molar-refractivity contribution in [2.24, 2.45) is 0 Å². The lowest BCUT2D eigenvalue weighted by Gasteiger charge is -2.29. The number of aromatic nitrogens is 1. The number of nitrogens with zero attached hydrogens (tertiary/aromatic N) is 2. The van der Waals surface area contributed by atoms with E-state index in [2.05, 4.69) is 25.8 Å². The molecule has 0 spiro atoms. The second kappa shape index (κ2) is 9.90. The number of ether oxygens (including phenoxy) is 1. The Labute approximate surface area is 216 Å². The Morgan fingerprint density at radius 3 is 2.36 bits per heavy atom. The van der Waals surface area contributed by atoms with Crippen LogP contribution in [0.5, 0.6) is 5.75 Å². The Morgan fingerprint density at radius 1 is 1.11 bits per heavy atom. The van der Waals surface area contributed by atoms with Crippen molar-refractivity contribution in [3.05, 3.63) is 86.6 Å². The van der Waals surface area contributed by atoms with Crippen LogP contribution < -0.4 is 9.64 Å². The van der Waals surface area contributed by atoms with E-state index >= 15 is 0 Å². The van der Waals surface area contributed by atoms with E-state index in [0.717, 1.165) is 22.6 Å². The highest BCUT2D eigenvalue weighted by Crippen LogP contribution is 2.45. The van der Waals surface area contributed by atoms with E-state index in [1.54, 1.807) is 19.1 Å². The lowest BCUT2D eigenvalue weighted by molar-refractivity contribution is -0.117. The Morgan fingerprint density at radius 2 is 1.78 bits per heavy atom. The molecule has 3 aromatic rings. The van der Waals surface area contributed by atoms with Crippen LogP contribution in [0, 0.1) is 13.8 Å². The number of aliphatic hydroxyl groups excluding tert-OH is 1. The maximum absolute atomic E-state index is 13.8. The van der Waals surface area contributed by atoms with Crippen molar-refractivity contribution < 1.29 is 19.4 Å². The molecule has 0 saturated carbocycles. The molecule has 1 amide bonds. The molecule has 2 heterocycles. The van der Waals surface area contributed by atoms with E-state index in [0.29, 0.717) is 28.6 Å². The third-order valence-electron chi connectivity index (χ3n) is 6.24. The number of amides is 1. The summed E-state index contributed by atoms with van der Waals surface area (Å²) in [6.45, 7) is 12.5. The van der Waals surface area contributed by atoms with Crippen LogP contribution in [-0.2, 0) is 10.2 Å². The summed E-state index contributed by atoms with van der Waals surface area (Å²) in [6, 6.07) is 14.3. The number of ketones is 1. The minimum atomic E-state index is -0.813. The molecule has 1 aliphatic heterocycles. The normalized spacial score (nSPS) is 16.1. The first-order chi connectivity index (χ1) is 17.0. The molecule has 0 saturated heterocycles. The summed E-state index contributed by atoms with van der Waals surface area (Å²) in [5.41, 5.74) is 2.95. The Hall–Kier alpha value is -3.45. The summed E-state index contributed by atoms with van der Waals surface area (Å²) in [5, 5.41) is 11.9. The van der Waals surface area contributed by atoms with E-state index in [1.807, 2.05) is 50.2 Å². The predicted molar refractivity (Wildman–Crippen MR) is 143 cm³/mol. The molecule has 0 radical (unpaired) electrons. The maximum Gasteiger partial charge on any atom is 0.294 e. The molecule has 0 fully saturated rings. The van der Waals surface area contributed by atoms with Gasteiger partial charge in [-0.05, 0) is 48.9 Å². The predicted octanol–water partition coefficient (Wildman–Crippen LogP) is 6.63. The molecule has 1 aromatic heterocycles. The Balaban J connectivity index is 1.89. The summed E-state index contributed by atoms with van der Waals surface area (Å²) in [4.78, 5) is 33.7. The zero-order chi connectivity index (χ0) is 26.2. The van der Waals surface area contributed by atoms with Crippen LogP contribution in [0.3, 0.4) is 0 Å². The van der Waals surface area contributed by atoms with Crippen LogP contribution >= 0.6 is 11.3 Å². The van der Waals surface area contributed by atoms with Crippen molar-refractivity contribution in [3.8, 4) is 5.75 Å². The molecule has 188 valence electrons. The second-order valence-electron chi connectivity index (χ2n) is 10.0. The van der Waals surface area contributed by atoms with Gasteiger partial charge in [-0.2, -0.15) is 0 Å². The molecule has 1 N–H and O–H groups in total. The fraction of sp³-hybridized carbons (Fsp3) is 0.345. The van der Waals surface area contributed by atoms with Gasteiger partial charge in [-0.1, -0.05) is 64.1 Å². The number of para-hydroxylation sites is 2. The van der Waals surface area contributed by atoms with Gasteiger partial charge in [-0.15, -0.1) is 11.3 Å². The van der Waals surface area contributed by atoms with E-state index < -0.39 is 17.7 Å². The minimum Gasteiger partial charge on any atom is -0.503 e. The van der Waals surface area contributed by atoms with Gasteiger partial charge < -0.3 is 9.84 Å². The highest BCUT2D eigenvalue weighted by Gasteiger charge is 2.46. The topological polar surface area (TPSA) is 79.7 Å². The summed E-state index contributed by atoms with van der Waals surface area (Å²) in [5.74, 6) is -1.03. The number of rotatable bonds is 7. The number of hydrogen-bond acceptors (Lipinski definition) is 6. The molecule has 1 aliphatic rings. The lowest BCUT2D eigenvalue weighted by Crippen LogP contribution is -2.31. The van der Waals surface area contributed by atoms with Crippen molar-refractivity contribution in [3.63, 3.8) is 0 Å². The fourth-order valence-corrected chi connectivity index (χ4v) is 5.30. The summed E-state index contributed by atoms with van der Waals surface area (Å²) < 4.78 is 5.95. The van der Waals surface area contributed by atoms with Crippen LogP contribution in [0.1, 0.15) is 71.7 Å². The van der Waals surface area contributed by atoms with Crippen molar-refractivity contribution >= 4 is 28.7 Å². The first-order valence-electron chi connectivity index (χ1n) is 12.1. The summed E-state index contributed by atoms with van der Waals surface area (Å²) >= 11 is 1.27. The second-order valence-corrected chi connectivity index (χ2v) is 11.2. The van der Waals surface area contributed by atoms with Crippen molar-refractivity contribution in [1.82, 2.24) is 4.98 Å². The molecule has 2 aromatic carbocycles. The van der Waals surface area contributed by atoms with Crippen LogP contribution in [-0.4, -0.2) is 28.4 Å². The molecule has 1 atom stereocenters. The van der Waals surface area contributed by atoms with Crippen LogP contribution in [0.15, 0.2) is 59.9 Å². The molecule has 36 heavy (non-hydrogen) atoms. The third kappa shape index (κ3) is 4.67. The summed E-state index contributed by atoms with van der Waals surface area (Å²) in [6.07, 6.45) is 0.803. The molecular formula is C29H32N2O4S. The zero-order valence-electron chi connectivity index (χ0n) is 21.6. The first-order valence-corrected chi connectivity index (χ1v) is 12.9. The van der Waals surface area contributed by atoms with E-state index in [9.17, 15) is 14.7 Å². The molecule has 4 rings (SSSR count). The number of anilines is 1. The highest BCUT2D eigenvalue weighted by atomic mass is 32.1. The van der Waals surface area contributed by atoms with Gasteiger partial charge >= 0.3 is 0 Å². The molecule has 1 unspecified atom stereocenters. The van der Waals surface area contributed by atoms with Crippen molar-refractivity contribution in [2.45, 2.75) is 59.4 Å². The van der Waals surface area contributed by atoms with Gasteiger partial charge in [-0.3, -0.25) is 14.5 Å². The number of thiazole rings is 1. The number of hydrogen-bond donors (Lipinski definition) is 1. The largest absolute Gasteiger partial charge is 0.503 e. The molecule has 0 aliphatic carbocycles. The van der Waals surface area contributed by atoms with Gasteiger partial charge in [0.2, 0.25) is 5.78 Å². The Bertz CT molecular complexity index is 1330. The monoisotopic (exact) mass is 504 g/mol. The van der Waals surface area contributed by atoms with E-state index in [1.165, 1.54) is 16.2 Å². The smallest absolute Gasteiger partial charge is 0.294 e. The fourth-order valence-electron chi connectivity index (χ4n) is 4.42. The quantitative estimate of drug-likeness (QED) is 0.365. The number of benzene rings is 2. The number of Topliss-reactive ketones (excluding diaryl/α,β-unsaturated/α-hetero) is 1. The molecule has 0 bridgehead atoms. The average molecular weight is 505 g/mol. The Kier molecular flexibility index (Phi) is 7.05. The standard InChI is InChI=1S/C29H32N2O4S/c1-7-16-35-22-11-9-8-10-21(22)31-24(19-12-14-20(15-13-19)29(4,5)6)23(26(33)28(31)34)25(32)27-17(2)30-18(3)36-27/h8-15,24,33H,7,16H2,1-6H3. The first kappa shape index (κ1) is 25.6. The van der Waals surface area contributed by atoms with Crippen molar-refractivity contribution in [1.29, 1.82) is 0 Å². The van der Waals surface area contributed by atoms with Crippen molar-refractivity contribution in [2.75, 3.05) is 11.5 Å². The van der Waals surface area contributed by atoms with Crippen LogP contribution in [0.2, 0.25) is 0 Å². The zero-order valence-corrected chi connectivity index (χ0v) is 22.4. The van der Waals surface area contributed by atoms with Gasteiger partial charge in [0, 0.05) is 0 Å². The lowest BCUT2D eigenvalue weighted by atomic mass is 9.85. The van der Waals surface area contributed by atoms with E-state index in [-0.39, 0.29) is 16.8 Å². The molecule has 7 heteroatoms. The molecular weight excluding hydrogens is 472 g/mol. The van der Waals surface area contributed by atoms with Gasteiger partial charge in [0.1, 0.15) is 5.75 Å². The van der Waals surface area contributed by atoms with Crippen LogP contribution in [0.25, 0.3) is 0 Å². The van der Waals surface area contributed by atoms with Gasteiger partial charge in [-0.25, -0.2) is 4.98 Å². The summed E-state index contributed by atoms with van der Waals surface area (Å²) in [7, 11) is 0. The van der Waals surface area contributed by atoms with Gasteiger partial charge in [0.15, 0.2) is 5.76 Å². The third-order valence-corrected chi connectivity index (χ3v) is 7.31. The van der Waals surface area contributed by atoms with Gasteiger partial charge in [0.25, 0.3) is 5.91 Å². The number of carbonyl (C=O) groups is 2. The number of carbonyl (C=O) groups excluding carboxylic acids is 2. The van der Waals surface area contributed by atoms with Crippen LogP contribution in [0.4, 0.5) is 5.69 Å². The maximum atomic E-state index is 13.8. The molecule has 6 nitrogen and oxygen atoms in total. The van der Waals surface area contributed by atoms with Gasteiger partial charge in [0.05, 0.1) is 39.5 Å². The number of aliphatic hydroxyl groups is 1. The number of aryl methyl sites for hydroxylation is 2. The SMILES string of the molecule is CCCOc1ccccc1N1C(=O)C(O)=C(C(=O)c2sc(C)nc2C)C1c1ccc(C(C)(C)C)cc1. The minimum absolute atomic E-state index is 0.0561. The van der Waals surface area contributed by atoms with E-state index in [4.69, 9.17) is 4.74 Å². The average Bonchev–Trinajstić information content (AvgIpc) is 3.32. The highest BCUT2D eigenvalue weighted by molar-refractivity contribution is 7.14.